The third-order valence-electron chi connectivity index (χ3n) is 5.87. The highest BCUT2D eigenvalue weighted by atomic mass is 16.6. The van der Waals surface area contributed by atoms with Gasteiger partial charge < -0.3 is 20.1 Å². The zero-order valence-corrected chi connectivity index (χ0v) is 14.8. The van der Waals surface area contributed by atoms with Crippen molar-refractivity contribution < 1.29 is 14.6 Å². The first kappa shape index (κ1) is 17.0. The van der Waals surface area contributed by atoms with Gasteiger partial charge in [-0.25, -0.2) is 4.79 Å². The van der Waals surface area contributed by atoms with Crippen LogP contribution in [0.15, 0.2) is 0 Å². The van der Waals surface area contributed by atoms with Crippen LogP contribution in [-0.2, 0) is 4.74 Å². The third kappa shape index (κ3) is 4.00. The van der Waals surface area contributed by atoms with E-state index in [0.717, 1.165) is 32.0 Å². The minimum Gasteiger partial charge on any atom is -0.444 e. The first-order valence-corrected chi connectivity index (χ1v) is 9.18. The van der Waals surface area contributed by atoms with Gasteiger partial charge in [-0.05, 0) is 76.7 Å². The molecule has 132 valence electrons. The molecule has 1 heterocycles. The molecule has 5 heteroatoms. The molecule has 1 saturated heterocycles. The number of hydrogen-bond donors (Lipinski definition) is 2. The lowest BCUT2D eigenvalue weighted by Crippen LogP contribution is -2.49. The number of aliphatic hydroxyl groups is 1. The summed E-state index contributed by atoms with van der Waals surface area (Å²) in [6.45, 7) is 9.16. The van der Waals surface area contributed by atoms with E-state index in [1.165, 1.54) is 19.3 Å². The van der Waals surface area contributed by atoms with E-state index in [-0.39, 0.29) is 12.1 Å². The van der Waals surface area contributed by atoms with E-state index < -0.39 is 5.60 Å². The molecule has 0 spiro atoms. The number of ether oxygens (including phenoxy) is 1. The number of carbonyl (C=O) groups is 1. The molecule has 1 aliphatic heterocycles. The van der Waals surface area contributed by atoms with Crippen LogP contribution in [0, 0.1) is 23.7 Å². The molecule has 0 aromatic carbocycles. The van der Waals surface area contributed by atoms with Crippen LogP contribution >= 0.6 is 0 Å². The first-order valence-electron chi connectivity index (χ1n) is 9.18. The maximum atomic E-state index is 12.2. The van der Waals surface area contributed by atoms with Crippen molar-refractivity contribution >= 4 is 6.09 Å². The first-order chi connectivity index (χ1) is 10.9. The van der Waals surface area contributed by atoms with Gasteiger partial charge in [0.2, 0.25) is 0 Å². The van der Waals surface area contributed by atoms with Crippen molar-refractivity contribution in [2.75, 3.05) is 26.2 Å². The maximum Gasteiger partial charge on any atom is 0.407 e. The highest BCUT2D eigenvalue weighted by Gasteiger charge is 2.49. The van der Waals surface area contributed by atoms with Crippen LogP contribution in [0.5, 0.6) is 0 Å². The summed E-state index contributed by atoms with van der Waals surface area (Å²) in [4.78, 5) is 14.7. The van der Waals surface area contributed by atoms with Crippen LogP contribution in [0.2, 0.25) is 0 Å². The molecule has 3 fully saturated rings. The molecule has 2 aliphatic carbocycles. The summed E-state index contributed by atoms with van der Waals surface area (Å²) in [5.74, 6) is 2.34. The summed E-state index contributed by atoms with van der Waals surface area (Å²) in [7, 11) is 0. The van der Waals surface area contributed by atoms with E-state index in [4.69, 9.17) is 4.74 Å². The molecule has 23 heavy (non-hydrogen) atoms. The lowest BCUT2D eigenvalue weighted by Gasteiger charge is -2.35. The molecule has 1 unspecified atom stereocenters. The number of amides is 1. The lowest BCUT2D eigenvalue weighted by atomic mass is 9.84. The summed E-state index contributed by atoms with van der Waals surface area (Å²) in [5, 5.41) is 12.5. The number of carbonyl (C=O) groups excluding carboxylic acids is 1. The topological polar surface area (TPSA) is 61.8 Å². The van der Waals surface area contributed by atoms with Crippen LogP contribution in [0.25, 0.3) is 0 Å². The van der Waals surface area contributed by atoms with Crippen LogP contribution in [-0.4, -0.2) is 54.0 Å². The molecule has 5 atom stereocenters. The number of alkyl carbamates (subject to hydrolysis) is 1. The molecule has 0 aromatic heterocycles. The minimum atomic E-state index is -0.444. The lowest BCUT2D eigenvalue weighted by molar-refractivity contribution is 0.0449. The number of nitrogens with one attached hydrogen (secondary N) is 1. The molecular weight excluding hydrogens is 292 g/mol. The van der Waals surface area contributed by atoms with Gasteiger partial charge in [0.05, 0.1) is 0 Å². The number of fused-ring (bicyclic) bond motifs is 2. The fourth-order valence-electron chi connectivity index (χ4n) is 4.87. The number of aliphatic hydroxyl groups excluding tert-OH is 1. The van der Waals surface area contributed by atoms with Crippen molar-refractivity contribution in [2.45, 2.75) is 58.1 Å². The fourth-order valence-corrected chi connectivity index (χ4v) is 4.87. The molecule has 5 nitrogen and oxygen atoms in total. The summed E-state index contributed by atoms with van der Waals surface area (Å²) < 4.78 is 5.46. The number of rotatable bonds is 4. The molecule has 0 radical (unpaired) electrons. The van der Waals surface area contributed by atoms with E-state index in [2.05, 4.69) is 10.2 Å². The molecular formula is C18H32N2O3. The van der Waals surface area contributed by atoms with Gasteiger partial charge in [0.25, 0.3) is 0 Å². The van der Waals surface area contributed by atoms with Gasteiger partial charge in [0.1, 0.15) is 5.60 Å². The van der Waals surface area contributed by atoms with Gasteiger partial charge in [-0.1, -0.05) is 0 Å². The van der Waals surface area contributed by atoms with Gasteiger partial charge >= 0.3 is 6.09 Å². The zero-order valence-electron chi connectivity index (χ0n) is 14.8. The third-order valence-corrected chi connectivity index (χ3v) is 5.87. The van der Waals surface area contributed by atoms with Crippen molar-refractivity contribution in [1.29, 1.82) is 0 Å². The second-order valence-corrected chi connectivity index (χ2v) is 8.77. The van der Waals surface area contributed by atoms with Crippen molar-refractivity contribution in [3.05, 3.63) is 0 Å². The minimum absolute atomic E-state index is 0.261. The molecule has 3 rings (SSSR count). The van der Waals surface area contributed by atoms with E-state index in [0.29, 0.717) is 24.4 Å². The summed E-state index contributed by atoms with van der Waals surface area (Å²) in [6.07, 6.45) is 4.62. The molecule has 3 aliphatic rings. The number of likely N-dealkylation sites (tertiary alicyclic amines) is 1. The van der Waals surface area contributed by atoms with Gasteiger partial charge in [0.15, 0.2) is 0 Å². The van der Waals surface area contributed by atoms with Crippen LogP contribution in [0.1, 0.15) is 46.5 Å². The Morgan fingerprint density at radius 2 is 2.00 bits per heavy atom. The molecule has 0 aromatic rings. The Hall–Kier alpha value is -0.810. The van der Waals surface area contributed by atoms with Gasteiger partial charge in [-0.15, -0.1) is 0 Å². The highest BCUT2D eigenvalue weighted by molar-refractivity contribution is 5.68. The smallest absolute Gasteiger partial charge is 0.407 e. The largest absolute Gasteiger partial charge is 0.444 e. The summed E-state index contributed by atoms with van der Waals surface area (Å²) in [6, 6.07) is 0.261. The van der Waals surface area contributed by atoms with Crippen LogP contribution in [0.4, 0.5) is 4.79 Å². The number of nitrogens with zero attached hydrogens (tertiary/aromatic N) is 1. The number of hydrogen-bond acceptors (Lipinski definition) is 4. The Morgan fingerprint density at radius 1 is 1.26 bits per heavy atom. The quantitative estimate of drug-likeness (QED) is 0.832. The molecule has 2 N–H and O–H groups in total. The van der Waals surface area contributed by atoms with E-state index in [9.17, 15) is 9.90 Å². The van der Waals surface area contributed by atoms with Crippen molar-refractivity contribution in [3.8, 4) is 0 Å². The Kier molecular flexibility index (Phi) is 4.88. The molecule has 1 amide bonds. The normalized spacial score (nSPS) is 37.3. The zero-order chi connectivity index (χ0) is 16.6. The van der Waals surface area contributed by atoms with Crippen molar-refractivity contribution in [1.82, 2.24) is 10.2 Å². The Morgan fingerprint density at radius 3 is 2.65 bits per heavy atom. The second kappa shape index (κ2) is 6.60. The standard InChI is InChI=1S/C18H32N2O3/c1-18(2,3)23-17(22)19-16-14-5-4-13(8-14)15(16)10-20-7-6-12(9-20)11-21/h12-16,21H,4-11H2,1-3H3,(H,19,22)/t12?,13-,14+,15+,16-/m0/s1. The average molecular weight is 324 g/mol. The summed E-state index contributed by atoms with van der Waals surface area (Å²) in [5.41, 5.74) is -0.444. The van der Waals surface area contributed by atoms with E-state index in [1.54, 1.807) is 0 Å². The van der Waals surface area contributed by atoms with Gasteiger partial charge in [-0.2, -0.15) is 0 Å². The predicted molar refractivity (Wildman–Crippen MR) is 89.1 cm³/mol. The van der Waals surface area contributed by atoms with Gasteiger partial charge in [0, 0.05) is 25.7 Å². The Balaban J connectivity index is 1.58. The Bertz CT molecular complexity index is 434. The van der Waals surface area contributed by atoms with Gasteiger partial charge in [-0.3, -0.25) is 0 Å². The Labute approximate surface area is 139 Å². The summed E-state index contributed by atoms with van der Waals surface area (Å²) >= 11 is 0. The fraction of sp³-hybridized carbons (Fsp3) is 0.944. The monoisotopic (exact) mass is 324 g/mol. The van der Waals surface area contributed by atoms with E-state index in [1.807, 2.05) is 20.8 Å². The van der Waals surface area contributed by atoms with Crippen molar-refractivity contribution in [3.63, 3.8) is 0 Å². The molecule has 2 bridgehead atoms. The van der Waals surface area contributed by atoms with Crippen LogP contribution < -0.4 is 5.32 Å². The van der Waals surface area contributed by atoms with Crippen molar-refractivity contribution in [2.24, 2.45) is 23.7 Å². The SMILES string of the molecule is CC(C)(C)OC(=O)N[C@H]1[C@@H]2CC[C@@H](C2)[C@H]1CN1CCC(CO)C1. The van der Waals surface area contributed by atoms with Crippen LogP contribution in [0.3, 0.4) is 0 Å². The average Bonchev–Trinajstić information content (AvgIpc) is 3.14. The molecule has 2 saturated carbocycles. The second-order valence-electron chi connectivity index (χ2n) is 8.77. The van der Waals surface area contributed by atoms with E-state index >= 15 is 0 Å². The predicted octanol–water partition coefficient (Wildman–Crippen LogP) is 2.24. The maximum absolute atomic E-state index is 12.2. The highest BCUT2D eigenvalue weighted by Crippen LogP contribution is 2.49.